The number of anilines is 1. The number of nitrogens with one attached hydrogen (secondary N) is 1. The Labute approximate surface area is 159 Å². The Kier molecular flexibility index (Phi) is 6.38. The minimum absolute atomic E-state index is 0.0777. The molecule has 0 aliphatic carbocycles. The Morgan fingerprint density at radius 2 is 1.63 bits per heavy atom. The lowest BCUT2D eigenvalue weighted by molar-refractivity contribution is -0.123. The maximum absolute atomic E-state index is 12.5. The first-order valence-electron chi connectivity index (χ1n) is 8.57. The van der Waals surface area contributed by atoms with Crippen LogP contribution in [0.4, 0.5) is 5.69 Å². The minimum Gasteiger partial charge on any atom is -0.449 e. The van der Waals surface area contributed by atoms with Crippen molar-refractivity contribution in [3.8, 4) is 0 Å². The van der Waals surface area contributed by atoms with E-state index in [4.69, 9.17) is 4.74 Å². The van der Waals surface area contributed by atoms with Crippen molar-refractivity contribution in [1.82, 2.24) is 0 Å². The third kappa shape index (κ3) is 4.74. The van der Waals surface area contributed by atoms with E-state index in [1.165, 1.54) is 32.0 Å². The number of para-hydroxylation sites is 1. The van der Waals surface area contributed by atoms with Gasteiger partial charge in [0.05, 0.1) is 16.2 Å². The summed E-state index contributed by atoms with van der Waals surface area (Å²) < 4.78 is 29.6. The topological polar surface area (TPSA) is 89.5 Å². The van der Waals surface area contributed by atoms with Crippen LogP contribution < -0.4 is 5.32 Å². The van der Waals surface area contributed by atoms with E-state index in [0.29, 0.717) is 5.69 Å². The molecule has 0 aromatic heterocycles. The lowest BCUT2D eigenvalue weighted by Gasteiger charge is -2.17. The van der Waals surface area contributed by atoms with Gasteiger partial charge in [-0.15, -0.1) is 0 Å². The zero-order chi connectivity index (χ0) is 20.2. The zero-order valence-corrected chi connectivity index (χ0v) is 16.6. The van der Waals surface area contributed by atoms with Gasteiger partial charge in [0, 0.05) is 5.69 Å². The predicted octanol–water partition coefficient (Wildman–Crippen LogP) is 3.28. The summed E-state index contributed by atoms with van der Waals surface area (Å²) in [6, 6.07) is 11.4. The Morgan fingerprint density at radius 3 is 2.22 bits per heavy atom. The van der Waals surface area contributed by atoms with Gasteiger partial charge in [-0.2, -0.15) is 0 Å². The fourth-order valence-electron chi connectivity index (χ4n) is 2.58. The van der Waals surface area contributed by atoms with E-state index in [2.05, 4.69) is 5.32 Å². The van der Waals surface area contributed by atoms with Gasteiger partial charge in [0.15, 0.2) is 15.9 Å². The summed E-state index contributed by atoms with van der Waals surface area (Å²) in [6.45, 7) is 6.67. The van der Waals surface area contributed by atoms with Crippen LogP contribution in [0.25, 0.3) is 0 Å². The molecule has 0 saturated heterocycles. The third-order valence-corrected chi connectivity index (χ3v) is 5.99. The van der Waals surface area contributed by atoms with Crippen LogP contribution in [0.1, 0.15) is 35.3 Å². The van der Waals surface area contributed by atoms with Crippen LogP contribution in [-0.2, 0) is 19.4 Å². The number of hydrogen-bond acceptors (Lipinski definition) is 5. The van der Waals surface area contributed by atoms with Crippen molar-refractivity contribution in [3.05, 3.63) is 59.2 Å². The lowest BCUT2D eigenvalue weighted by atomic mass is 10.1. The van der Waals surface area contributed by atoms with Crippen LogP contribution in [0.15, 0.2) is 47.4 Å². The molecule has 0 saturated carbocycles. The molecule has 27 heavy (non-hydrogen) atoms. The fourth-order valence-corrected chi connectivity index (χ4v) is 3.66. The van der Waals surface area contributed by atoms with Gasteiger partial charge >= 0.3 is 5.97 Å². The van der Waals surface area contributed by atoms with Gasteiger partial charge in [0.2, 0.25) is 0 Å². The molecule has 0 spiro atoms. The van der Waals surface area contributed by atoms with Gasteiger partial charge in [-0.05, 0) is 44.0 Å². The maximum atomic E-state index is 12.5. The van der Waals surface area contributed by atoms with Gasteiger partial charge in [-0.3, -0.25) is 4.79 Å². The van der Waals surface area contributed by atoms with Gasteiger partial charge < -0.3 is 10.1 Å². The standard InChI is InChI=1S/C20H23NO5S/c1-5-27(24,25)17-12-7-6-11-16(17)20(23)26-15(4)19(22)21-18-13(2)9-8-10-14(18)3/h6-12,15H,5H2,1-4H3,(H,21,22). The first-order valence-corrected chi connectivity index (χ1v) is 10.2. The Hall–Kier alpha value is -2.67. The number of carbonyl (C=O) groups excluding carboxylic acids is 2. The summed E-state index contributed by atoms with van der Waals surface area (Å²) in [7, 11) is -3.59. The second kappa shape index (κ2) is 8.35. The molecule has 1 atom stereocenters. The van der Waals surface area contributed by atoms with E-state index in [0.717, 1.165) is 11.1 Å². The summed E-state index contributed by atoms with van der Waals surface area (Å²) in [5.41, 5.74) is 2.37. The molecule has 2 aromatic rings. The van der Waals surface area contributed by atoms with Crippen molar-refractivity contribution in [3.63, 3.8) is 0 Å². The van der Waals surface area contributed by atoms with E-state index >= 15 is 0 Å². The van der Waals surface area contributed by atoms with Crippen LogP contribution in [0.3, 0.4) is 0 Å². The zero-order valence-electron chi connectivity index (χ0n) is 15.8. The van der Waals surface area contributed by atoms with Crippen molar-refractivity contribution < 1.29 is 22.7 Å². The van der Waals surface area contributed by atoms with Gasteiger partial charge in [-0.25, -0.2) is 13.2 Å². The highest BCUT2D eigenvalue weighted by Gasteiger charge is 2.25. The molecule has 0 bridgehead atoms. The first kappa shape index (κ1) is 20.6. The molecule has 0 fully saturated rings. The summed E-state index contributed by atoms with van der Waals surface area (Å²) in [4.78, 5) is 24.8. The maximum Gasteiger partial charge on any atom is 0.340 e. The molecule has 0 radical (unpaired) electrons. The predicted molar refractivity (Wildman–Crippen MR) is 104 cm³/mol. The summed E-state index contributed by atoms with van der Waals surface area (Å²) in [5.74, 6) is -1.48. The first-order chi connectivity index (χ1) is 12.7. The van der Waals surface area contributed by atoms with Crippen molar-refractivity contribution in [2.45, 2.75) is 38.7 Å². The number of amides is 1. The Morgan fingerprint density at radius 1 is 1.04 bits per heavy atom. The van der Waals surface area contributed by atoms with Crippen LogP contribution >= 0.6 is 0 Å². The molecular weight excluding hydrogens is 366 g/mol. The largest absolute Gasteiger partial charge is 0.449 e. The fraction of sp³-hybridized carbons (Fsp3) is 0.300. The molecule has 1 unspecified atom stereocenters. The Balaban J connectivity index is 2.18. The van der Waals surface area contributed by atoms with Gasteiger partial charge in [-0.1, -0.05) is 37.3 Å². The van der Waals surface area contributed by atoms with E-state index in [1.54, 1.807) is 6.07 Å². The lowest BCUT2D eigenvalue weighted by Crippen LogP contribution is -2.31. The molecule has 1 amide bonds. The summed E-state index contributed by atoms with van der Waals surface area (Å²) in [6.07, 6.45) is -1.09. The average Bonchev–Trinajstić information content (AvgIpc) is 2.64. The highest BCUT2D eigenvalue weighted by Crippen LogP contribution is 2.21. The number of ether oxygens (including phenoxy) is 1. The number of sulfone groups is 1. The third-order valence-electron chi connectivity index (χ3n) is 4.20. The molecule has 0 aliphatic heterocycles. The second-order valence-corrected chi connectivity index (χ2v) is 8.45. The molecule has 2 aromatic carbocycles. The number of esters is 1. The number of aryl methyl sites for hydroxylation is 2. The van der Waals surface area contributed by atoms with Crippen molar-refractivity contribution in [2.24, 2.45) is 0 Å². The SMILES string of the molecule is CCS(=O)(=O)c1ccccc1C(=O)OC(C)C(=O)Nc1c(C)cccc1C. The quantitative estimate of drug-likeness (QED) is 0.766. The number of carbonyl (C=O) groups is 2. The smallest absolute Gasteiger partial charge is 0.340 e. The normalized spacial score (nSPS) is 12.3. The summed E-state index contributed by atoms with van der Waals surface area (Å²) in [5, 5.41) is 2.76. The molecule has 144 valence electrons. The van der Waals surface area contributed by atoms with E-state index in [1.807, 2.05) is 32.0 Å². The molecule has 6 nitrogen and oxygen atoms in total. The van der Waals surface area contributed by atoms with Crippen molar-refractivity contribution >= 4 is 27.4 Å². The van der Waals surface area contributed by atoms with Crippen molar-refractivity contribution in [2.75, 3.05) is 11.1 Å². The molecule has 2 rings (SSSR count). The van der Waals surface area contributed by atoms with Gasteiger partial charge in [0.25, 0.3) is 5.91 Å². The molecule has 0 aliphatic rings. The second-order valence-electron chi connectivity index (χ2n) is 6.20. The van der Waals surface area contributed by atoms with Crippen molar-refractivity contribution in [1.29, 1.82) is 0 Å². The summed E-state index contributed by atoms with van der Waals surface area (Å²) >= 11 is 0. The van der Waals surface area contributed by atoms with Crippen LogP contribution in [-0.4, -0.2) is 32.2 Å². The molecular formula is C20H23NO5S. The highest BCUT2D eigenvalue weighted by atomic mass is 32.2. The molecule has 7 heteroatoms. The number of rotatable bonds is 6. The van der Waals surface area contributed by atoms with E-state index in [-0.39, 0.29) is 16.2 Å². The minimum atomic E-state index is -3.59. The van der Waals surface area contributed by atoms with Crippen LogP contribution in [0, 0.1) is 13.8 Å². The molecule has 0 heterocycles. The van der Waals surface area contributed by atoms with Crippen LogP contribution in [0.2, 0.25) is 0 Å². The van der Waals surface area contributed by atoms with E-state index in [9.17, 15) is 18.0 Å². The van der Waals surface area contributed by atoms with Gasteiger partial charge in [0.1, 0.15) is 0 Å². The average molecular weight is 389 g/mol. The number of benzene rings is 2. The van der Waals surface area contributed by atoms with E-state index < -0.39 is 27.8 Å². The Bertz CT molecular complexity index is 946. The highest BCUT2D eigenvalue weighted by molar-refractivity contribution is 7.91. The molecule has 1 N–H and O–H groups in total. The number of hydrogen-bond donors (Lipinski definition) is 1. The van der Waals surface area contributed by atoms with Crippen LogP contribution in [0.5, 0.6) is 0 Å². The monoisotopic (exact) mass is 389 g/mol.